The Morgan fingerprint density at radius 3 is 2.67 bits per heavy atom. The number of nitro groups is 2. The smallest absolute Gasteiger partial charge is 0.329 e. The highest BCUT2D eigenvalue weighted by Crippen LogP contribution is 2.23. The number of halogens is 1. The van der Waals surface area contributed by atoms with E-state index in [1.165, 1.54) is 18.2 Å². The number of hydrogen-bond donors (Lipinski definition) is 1. The third-order valence-electron chi connectivity index (χ3n) is 2.52. The molecule has 2 aromatic rings. The number of non-ortho nitro benzene ring substituents is 1. The van der Waals surface area contributed by atoms with Gasteiger partial charge in [0.1, 0.15) is 6.20 Å². The lowest BCUT2D eigenvalue weighted by atomic mass is 10.2. The van der Waals surface area contributed by atoms with Gasteiger partial charge in [0.15, 0.2) is 0 Å². The van der Waals surface area contributed by atoms with Gasteiger partial charge in [-0.1, -0.05) is 12.1 Å². The molecule has 0 spiro atoms. The van der Waals surface area contributed by atoms with Crippen LogP contribution in [-0.4, -0.2) is 19.8 Å². The fourth-order valence-corrected chi connectivity index (χ4v) is 1.72. The molecule has 0 aliphatic carbocycles. The molecule has 0 amide bonds. The summed E-state index contributed by atoms with van der Waals surface area (Å²) in [5.41, 5.74) is 0.183. The maximum absolute atomic E-state index is 10.8. The number of anilines is 1. The van der Waals surface area contributed by atoms with Crippen LogP contribution in [0, 0.1) is 20.2 Å². The van der Waals surface area contributed by atoms with E-state index in [9.17, 15) is 20.2 Å². The molecule has 21 heavy (non-hydrogen) atoms. The summed E-state index contributed by atoms with van der Waals surface area (Å²) in [5.74, 6) is -0.0495. The van der Waals surface area contributed by atoms with Gasteiger partial charge in [0.2, 0.25) is 11.1 Å². The van der Waals surface area contributed by atoms with Crippen LogP contribution in [-0.2, 0) is 6.54 Å². The minimum atomic E-state index is -0.647. The van der Waals surface area contributed by atoms with E-state index in [0.717, 1.165) is 6.20 Å². The zero-order valence-corrected chi connectivity index (χ0v) is 11.1. The average Bonchev–Trinajstić information content (AvgIpc) is 2.45. The lowest BCUT2D eigenvalue weighted by molar-refractivity contribution is -0.384. The molecule has 10 heteroatoms. The van der Waals surface area contributed by atoms with Crippen LogP contribution >= 0.6 is 11.6 Å². The molecule has 0 aliphatic heterocycles. The van der Waals surface area contributed by atoms with Crippen LogP contribution in [0.25, 0.3) is 0 Å². The highest BCUT2D eigenvalue weighted by atomic mass is 35.5. The third-order valence-corrected chi connectivity index (χ3v) is 2.70. The largest absolute Gasteiger partial charge is 0.360 e. The summed E-state index contributed by atoms with van der Waals surface area (Å²) < 4.78 is 0. The Hall–Kier alpha value is -2.81. The van der Waals surface area contributed by atoms with Gasteiger partial charge in [-0.2, -0.15) is 4.98 Å². The van der Waals surface area contributed by atoms with Gasteiger partial charge in [-0.3, -0.25) is 20.2 Å². The molecular weight excluding hydrogens is 302 g/mol. The van der Waals surface area contributed by atoms with Crippen molar-refractivity contribution in [3.8, 4) is 0 Å². The van der Waals surface area contributed by atoms with Crippen LogP contribution < -0.4 is 5.32 Å². The highest BCUT2D eigenvalue weighted by Gasteiger charge is 2.16. The van der Waals surface area contributed by atoms with Crippen LogP contribution in [0.1, 0.15) is 5.56 Å². The van der Waals surface area contributed by atoms with Gasteiger partial charge < -0.3 is 5.32 Å². The lowest BCUT2D eigenvalue weighted by Gasteiger charge is -2.06. The summed E-state index contributed by atoms with van der Waals surface area (Å²) in [7, 11) is 0. The molecule has 0 saturated heterocycles. The fraction of sp³-hybridized carbons (Fsp3) is 0.0909. The minimum Gasteiger partial charge on any atom is -0.360 e. The molecule has 1 aromatic carbocycles. The number of benzene rings is 1. The van der Waals surface area contributed by atoms with E-state index in [1.54, 1.807) is 6.07 Å². The van der Waals surface area contributed by atoms with Gasteiger partial charge in [0.25, 0.3) is 5.69 Å². The second-order valence-electron chi connectivity index (χ2n) is 3.91. The van der Waals surface area contributed by atoms with Crippen molar-refractivity contribution in [3.05, 3.63) is 61.5 Å². The average molecular weight is 310 g/mol. The number of nitrogens with one attached hydrogen (secondary N) is 1. The molecule has 9 nitrogen and oxygen atoms in total. The summed E-state index contributed by atoms with van der Waals surface area (Å²) in [6.07, 6.45) is 0.991. The van der Waals surface area contributed by atoms with Crippen LogP contribution in [0.3, 0.4) is 0 Å². The van der Waals surface area contributed by atoms with E-state index in [2.05, 4.69) is 15.3 Å². The monoisotopic (exact) mass is 309 g/mol. The van der Waals surface area contributed by atoms with Crippen LogP contribution in [0.2, 0.25) is 5.28 Å². The second-order valence-corrected chi connectivity index (χ2v) is 4.25. The molecule has 1 aromatic heterocycles. The standard InChI is InChI=1S/C11H8ClN5O4/c12-11-14-6-9(17(20)21)10(15-11)13-5-7-2-1-3-8(4-7)16(18)19/h1-4,6H,5H2,(H,13,14,15). The molecule has 0 radical (unpaired) electrons. The van der Waals surface area contributed by atoms with Crippen molar-refractivity contribution in [2.75, 3.05) is 5.32 Å². The van der Waals surface area contributed by atoms with Gasteiger partial charge in [-0.05, 0) is 17.2 Å². The van der Waals surface area contributed by atoms with Gasteiger partial charge in [0.05, 0.1) is 9.85 Å². The molecule has 108 valence electrons. The predicted molar refractivity (Wildman–Crippen MR) is 74.1 cm³/mol. The molecular formula is C11H8ClN5O4. The topological polar surface area (TPSA) is 124 Å². The Bertz CT molecular complexity index is 709. The van der Waals surface area contributed by atoms with Gasteiger partial charge in [0, 0.05) is 18.7 Å². The quantitative estimate of drug-likeness (QED) is 0.511. The first-order chi connectivity index (χ1) is 9.97. The first-order valence-corrected chi connectivity index (χ1v) is 5.99. The van der Waals surface area contributed by atoms with Crippen molar-refractivity contribution in [2.24, 2.45) is 0 Å². The Balaban J connectivity index is 2.20. The normalized spacial score (nSPS) is 10.1. The van der Waals surface area contributed by atoms with Crippen molar-refractivity contribution < 1.29 is 9.85 Å². The third kappa shape index (κ3) is 3.60. The van der Waals surface area contributed by atoms with E-state index in [-0.39, 0.29) is 29.0 Å². The zero-order valence-electron chi connectivity index (χ0n) is 10.4. The Kier molecular flexibility index (Phi) is 4.24. The van der Waals surface area contributed by atoms with E-state index < -0.39 is 9.85 Å². The molecule has 0 aliphatic rings. The Morgan fingerprint density at radius 1 is 1.24 bits per heavy atom. The number of rotatable bonds is 5. The summed E-state index contributed by atoms with van der Waals surface area (Å²) >= 11 is 5.60. The fourth-order valence-electron chi connectivity index (χ4n) is 1.58. The molecule has 0 fully saturated rings. The van der Waals surface area contributed by atoms with Gasteiger partial charge >= 0.3 is 5.69 Å². The van der Waals surface area contributed by atoms with Crippen molar-refractivity contribution in [1.29, 1.82) is 0 Å². The lowest BCUT2D eigenvalue weighted by Crippen LogP contribution is -2.06. The zero-order chi connectivity index (χ0) is 15.4. The summed E-state index contributed by atoms with van der Waals surface area (Å²) in [6, 6.07) is 5.89. The number of nitro benzene ring substituents is 1. The van der Waals surface area contributed by atoms with E-state index in [0.29, 0.717) is 5.56 Å². The number of aromatic nitrogens is 2. The summed E-state index contributed by atoms with van der Waals surface area (Å²) in [5, 5.41) is 24.1. The first kappa shape index (κ1) is 14.6. The number of hydrogen-bond acceptors (Lipinski definition) is 7. The summed E-state index contributed by atoms with van der Waals surface area (Å²) in [4.78, 5) is 27.6. The molecule has 2 rings (SSSR count). The van der Waals surface area contributed by atoms with Crippen molar-refractivity contribution >= 4 is 28.8 Å². The van der Waals surface area contributed by atoms with Crippen LogP contribution in [0.4, 0.5) is 17.2 Å². The second kappa shape index (κ2) is 6.09. The maximum Gasteiger partial charge on any atom is 0.329 e. The van der Waals surface area contributed by atoms with Crippen molar-refractivity contribution in [2.45, 2.75) is 6.54 Å². The molecule has 1 heterocycles. The van der Waals surface area contributed by atoms with Crippen molar-refractivity contribution in [1.82, 2.24) is 9.97 Å². The SMILES string of the molecule is O=[N+]([O-])c1cccc(CNc2nc(Cl)ncc2[N+](=O)[O-])c1. The van der Waals surface area contributed by atoms with Crippen molar-refractivity contribution in [3.63, 3.8) is 0 Å². The van der Waals surface area contributed by atoms with E-state index in [1.807, 2.05) is 0 Å². The molecule has 0 bridgehead atoms. The summed E-state index contributed by atoms with van der Waals surface area (Å²) in [6.45, 7) is 0.121. The minimum absolute atomic E-state index is 0.0495. The van der Waals surface area contributed by atoms with Crippen LogP contribution in [0.5, 0.6) is 0 Å². The van der Waals surface area contributed by atoms with E-state index in [4.69, 9.17) is 11.6 Å². The highest BCUT2D eigenvalue weighted by molar-refractivity contribution is 6.28. The van der Waals surface area contributed by atoms with Crippen LogP contribution in [0.15, 0.2) is 30.5 Å². The van der Waals surface area contributed by atoms with Gasteiger partial charge in [-0.25, -0.2) is 4.98 Å². The Labute approximate surface area is 122 Å². The van der Waals surface area contributed by atoms with Gasteiger partial charge in [-0.15, -0.1) is 0 Å². The maximum atomic E-state index is 10.8. The molecule has 1 N–H and O–H groups in total. The Morgan fingerprint density at radius 2 is 2.00 bits per heavy atom. The molecule has 0 unspecified atom stereocenters. The van der Waals surface area contributed by atoms with E-state index >= 15 is 0 Å². The number of nitrogens with zero attached hydrogens (tertiary/aromatic N) is 4. The molecule has 0 saturated carbocycles. The predicted octanol–water partition coefficient (Wildman–Crippen LogP) is 2.56. The first-order valence-electron chi connectivity index (χ1n) is 5.61. The molecule has 0 atom stereocenters.